The third-order valence-electron chi connectivity index (χ3n) is 2.55. The van der Waals surface area contributed by atoms with Crippen LogP contribution < -0.4 is 4.74 Å². The Hall–Kier alpha value is -1.56. The van der Waals surface area contributed by atoms with Crippen LogP contribution in [-0.4, -0.2) is 11.6 Å². The molecule has 1 heterocycles. The summed E-state index contributed by atoms with van der Waals surface area (Å²) in [5.41, 5.74) is 0. The normalized spacial score (nSPS) is 14.6. The minimum absolute atomic E-state index is 0.398. The standard InChI is InChI=1S/C12H14N2O/c1-13-12-9-11(6-7-14-12)15-8-2-3-10-4-5-10/h6-7,9-10H,2-5,8H2. The number of nitrogens with zero attached hydrogens (tertiary/aromatic N) is 2. The average Bonchev–Trinajstić information content (AvgIpc) is 3.09. The Morgan fingerprint density at radius 1 is 1.53 bits per heavy atom. The molecule has 0 radical (unpaired) electrons. The highest BCUT2D eigenvalue weighted by atomic mass is 16.5. The summed E-state index contributed by atoms with van der Waals surface area (Å²) in [7, 11) is 0. The molecule has 1 saturated carbocycles. The lowest BCUT2D eigenvalue weighted by Crippen LogP contribution is -1.97. The highest BCUT2D eigenvalue weighted by molar-refractivity contribution is 5.41. The minimum Gasteiger partial charge on any atom is -0.495 e. The van der Waals surface area contributed by atoms with Crippen LogP contribution in [0.4, 0.5) is 5.82 Å². The molecule has 1 aliphatic carbocycles. The number of ether oxygens (including phenoxy) is 1. The van der Waals surface area contributed by atoms with Crippen molar-refractivity contribution in [2.45, 2.75) is 25.7 Å². The molecule has 0 aliphatic heterocycles. The molecule has 0 atom stereocenters. The first-order valence-corrected chi connectivity index (χ1v) is 5.35. The maximum atomic E-state index is 6.83. The lowest BCUT2D eigenvalue weighted by molar-refractivity contribution is 0.303. The molecule has 1 aromatic rings. The zero-order chi connectivity index (χ0) is 10.5. The molecular weight excluding hydrogens is 188 g/mol. The van der Waals surface area contributed by atoms with Gasteiger partial charge in [0.2, 0.25) is 0 Å². The highest BCUT2D eigenvalue weighted by Gasteiger charge is 2.20. The van der Waals surface area contributed by atoms with Crippen molar-refractivity contribution < 1.29 is 4.74 Å². The molecule has 0 unspecified atom stereocenters. The molecule has 2 rings (SSSR count). The second-order valence-electron chi connectivity index (χ2n) is 3.90. The zero-order valence-electron chi connectivity index (χ0n) is 8.65. The Morgan fingerprint density at radius 2 is 2.40 bits per heavy atom. The molecule has 3 heteroatoms. The molecule has 0 spiro atoms. The largest absolute Gasteiger partial charge is 0.495 e. The van der Waals surface area contributed by atoms with E-state index < -0.39 is 0 Å². The Morgan fingerprint density at radius 3 is 3.13 bits per heavy atom. The van der Waals surface area contributed by atoms with E-state index in [2.05, 4.69) is 9.83 Å². The van der Waals surface area contributed by atoms with E-state index >= 15 is 0 Å². The van der Waals surface area contributed by atoms with E-state index in [1.165, 1.54) is 19.3 Å². The molecule has 0 aromatic carbocycles. The highest BCUT2D eigenvalue weighted by Crippen LogP contribution is 2.33. The lowest BCUT2D eigenvalue weighted by Gasteiger charge is -2.04. The van der Waals surface area contributed by atoms with Crippen LogP contribution in [0.1, 0.15) is 25.7 Å². The molecule has 78 valence electrons. The predicted octanol–water partition coefficient (Wildman–Crippen LogP) is 3.20. The van der Waals surface area contributed by atoms with Gasteiger partial charge in [0.15, 0.2) is 0 Å². The third kappa shape index (κ3) is 3.25. The van der Waals surface area contributed by atoms with E-state index in [4.69, 9.17) is 11.3 Å². The van der Waals surface area contributed by atoms with E-state index in [9.17, 15) is 0 Å². The predicted molar refractivity (Wildman–Crippen MR) is 58.0 cm³/mol. The number of rotatable bonds is 5. The van der Waals surface area contributed by atoms with Gasteiger partial charge in [-0.3, -0.25) is 0 Å². The topological polar surface area (TPSA) is 26.5 Å². The van der Waals surface area contributed by atoms with Crippen LogP contribution in [0.5, 0.6) is 5.75 Å². The Bertz CT molecular complexity index is 366. The Balaban J connectivity index is 1.74. The smallest absolute Gasteiger partial charge is 0.273 e. The summed E-state index contributed by atoms with van der Waals surface area (Å²) < 4.78 is 5.54. The van der Waals surface area contributed by atoms with Crippen molar-refractivity contribution in [3.05, 3.63) is 29.7 Å². The summed E-state index contributed by atoms with van der Waals surface area (Å²) >= 11 is 0. The molecule has 1 aliphatic rings. The van der Waals surface area contributed by atoms with Gasteiger partial charge >= 0.3 is 0 Å². The molecule has 0 saturated heterocycles. The van der Waals surface area contributed by atoms with E-state index in [-0.39, 0.29) is 0 Å². The van der Waals surface area contributed by atoms with Crippen LogP contribution in [-0.2, 0) is 0 Å². The van der Waals surface area contributed by atoms with Gasteiger partial charge in [-0.25, -0.2) is 0 Å². The van der Waals surface area contributed by atoms with Gasteiger partial charge in [0.25, 0.3) is 5.82 Å². The number of hydrogen-bond acceptors (Lipinski definition) is 2. The van der Waals surface area contributed by atoms with Gasteiger partial charge in [-0.1, -0.05) is 19.4 Å². The molecule has 0 N–H and O–H groups in total. The maximum Gasteiger partial charge on any atom is 0.273 e. The van der Waals surface area contributed by atoms with Crippen molar-refractivity contribution in [3.8, 4) is 5.75 Å². The second-order valence-corrected chi connectivity index (χ2v) is 3.90. The van der Waals surface area contributed by atoms with Gasteiger partial charge < -0.3 is 9.58 Å². The van der Waals surface area contributed by atoms with E-state index in [1.807, 2.05) is 0 Å². The van der Waals surface area contributed by atoms with Crippen molar-refractivity contribution in [2.75, 3.05) is 6.61 Å². The Labute approximate surface area is 89.9 Å². The molecule has 0 amide bonds. The van der Waals surface area contributed by atoms with Crippen LogP contribution in [0.3, 0.4) is 0 Å². The van der Waals surface area contributed by atoms with Crippen LogP contribution in [0.15, 0.2) is 18.3 Å². The molecule has 1 fully saturated rings. The fourth-order valence-electron chi connectivity index (χ4n) is 1.52. The number of hydrogen-bond donors (Lipinski definition) is 0. The van der Waals surface area contributed by atoms with Crippen molar-refractivity contribution in [3.63, 3.8) is 0 Å². The minimum atomic E-state index is 0.398. The average molecular weight is 202 g/mol. The monoisotopic (exact) mass is 202 g/mol. The fraction of sp³-hybridized carbons (Fsp3) is 0.500. The van der Waals surface area contributed by atoms with Gasteiger partial charge in [0.05, 0.1) is 6.61 Å². The quantitative estimate of drug-likeness (QED) is 0.541. The van der Waals surface area contributed by atoms with E-state index in [0.717, 1.165) is 24.7 Å². The lowest BCUT2D eigenvalue weighted by atomic mass is 10.2. The fourth-order valence-corrected chi connectivity index (χ4v) is 1.52. The summed E-state index contributed by atoms with van der Waals surface area (Å²) in [6, 6.07) is 3.48. The first-order valence-electron chi connectivity index (χ1n) is 5.35. The molecule has 15 heavy (non-hydrogen) atoms. The maximum absolute atomic E-state index is 6.83. The van der Waals surface area contributed by atoms with E-state index in [1.54, 1.807) is 18.3 Å². The first kappa shape index (κ1) is 9.97. The van der Waals surface area contributed by atoms with Crippen molar-refractivity contribution in [1.29, 1.82) is 0 Å². The van der Waals surface area contributed by atoms with Crippen LogP contribution in [0.25, 0.3) is 4.85 Å². The SMILES string of the molecule is [C-]#[N+]c1cc(OCCCC2CC2)ccn1. The van der Waals surface area contributed by atoms with Gasteiger partial charge in [0.1, 0.15) is 11.9 Å². The summed E-state index contributed by atoms with van der Waals surface area (Å²) in [6.45, 7) is 7.57. The Kier molecular flexibility index (Phi) is 3.18. The molecule has 1 aromatic heterocycles. The van der Waals surface area contributed by atoms with Crippen LogP contribution >= 0.6 is 0 Å². The van der Waals surface area contributed by atoms with Gasteiger partial charge in [-0.2, -0.15) is 0 Å². The number of aromatic nitrogens is 1. The summed E-state index contributed by atoms with van der Waals surface area (Å²) in [5, 5.41) is 0. The van der Waals surface area contributed by atoms with Gasteiger partial charge in [-0.05, 0) is 18.8 Å². The first-order chi connectivity index (χ1) is 7.38. The second kappa shape index (κ2) is 4.79. The van der Waals surface area contributed by atoms with Crippen molar-refractivity contribution >= 4 is 5.82 Å². The molecular formula is C12H14N2O. The molecule has 0 bridgehead atoms. The summed E-state index contributed by atoms with van der Waals surface area (Å²) in [5.74, 6) is 2.12. The van der Waals surface area contributed by atoms with Gasteiger partial charge in [0, 0.05) is 12.1 Å². The number of pyridine rings is 1. The van der Waals surface area contributed by atoms with Gasteiger partial charge in [-0.15, -0.1) is 4.98 Å². The third-order valence-corrected chi connectivity index (χ3v) is 2.55. The zero-order valence-corrected chi connectivity index (χ0v) is 8.65. The van der Waals surface area contributed by atoms with Crippen LogP contribution in [0.2, 0.25) is 0 Å². The summed E-state index contributed by atoms with van der Waals surface area (Å²) in [4.78, 5) is 7.15. The van der Waals surface area contributed by atoms with E-state index in [0.29, 0.717) is 5.82 Å². The van der Waals surface area contributed by atoms with Crippen molar-refractivity contribution in [2.24, 2.45) is 5.92 Å². The molecule has 3 nitrogen and oxygen atoms in total. The summed E-state index contributed by atoms with van der Waals surface area (Å²) in [6.07, 6.45) is 6.80. The van der Waals surface area contributed by atoms with Crippen molar-refractivity contribution in [1.82, 2.24) is 4.98 Å². The van der Waals surface area contributed by atoms with Crippen LogP contribution in [0, 0.1) is 12.5 Å².